The summed E-state index contributed by atoms with van der Waals surface area (Å²) in [5.41, 5.74) is 1.48. The summed E-state index contributed by atoms with van der Waals surface area (Å²) in [6.45, 7) is 14.9. The molecule has 0 N–H and O–H groups in total. The van der Waals surface area contributed by atoms with Gasteiger partial charge in [-0.05, 0) is 11.3 Å². The normalized spacial score (nSPS) is 12.9. The van der Waals surface area contributed by atoms with Crippen molar-refractivity contribution in [1.82, 2.24) is 0 Å². The van der Waals surface area contributed by atoms with Crippen molar-refractivity contribution in [2.24, 2.45) is 11.3 Å². The minimum atomic E-state index is 0.276. The maximum atomic E-state index is 3.97. The van der Waals surface area contributed by atoms with Gasteiger partial charge in [0.05, 0.1) is 0 Å². The summed E-state index contributed by atoms with van der Waals surface area (Å²) >= 11 is 0. The standard InChI is InChI=1S/C11H20/c1-9(2)10(3)7-8-11(4,5)6/h7-9H,3H2,1-2,4-6H3/b8-7+. The van der Waals surface area contributed by atoms with Gasteiger partial charge < -0.3 is 0 Å². The molecular formula is C11H20. The first-order valence-corrected chi connectivity index (χ1v) is 4.21. The fourth-order valence-corrected chi connectivity index (χ4v) is 0.549. The molecule has 0 nitrogen and oxygen atoms in total. The van der Waals surface area contributed by atoms with Crippen LogP contribution in [0.1, 0.15) is 34.6 Å². The van der Waals surface area contributed by atoms with Gasteiger partial charge in [0.1, 0.15) is 0 Å². The Hall–Kier alpha value is -0.520. The predicted molar refractivity (Wildman–Crippen MR) is 52.6 cm³/mol. The molecule has 0 amide bonds. The van der Waals surface area contributed by atoms with E-state index < -0.39 is 0 Å². The zero-order chi connectivity index (χ0) is 9.07. The van der Waals surface area contributed by atoms with E-state index in [1.54, 1.807) is 0 Å². The fourth-order valence-electron chi connectivity index (χ4n) is 0.549. The lowest BCUT2D eigenvalue weighted by Gasteiger charge is -2.12. The van der Waals surface area contributed by atoms with Gasteiger partial charge in [-0.3, -0.25) is 0 Å². The summed E-state index contributed by atoms with van der Waals surface area (Å²) < 4.78 is 0. The molecule has 0 fully saturated rings. The Morgan fingerprint density at radius 2 is 1.73 bits per heavy atom. The molecule has 0 unspecified atom stereocenters. The van der Waals surface area contributed by atoms with E-state index >= 15 is 0 Å². The highest BCUT2D eigenvalue weighted by Crippen LogP contribution is 2.17. The Balaban J connectivity index is 4.05. The SMILES string of the molecule is C=C(/C=C/C(C)(C)C)C(C)C. The Bertz CT molecular complexity index is 153. The van der Waals surface area contributed by atoms with Gasteiger partial charge in [-0.15, -0.1) is 0 Å². The van der Waals surface area contributed by atoms with Crippen LogP contribution in [-0.2, 0) is 0 Å². The van der Waals surface area contributed by atoms with Crippen LogP contribution in [0.5, 0.6) is 0 Å². The molecule has 0 saturated heterocycles. The van der Waals surface area contributed by atoms with Crippen LogP contribution in [0.3, 0.4) is 0 Å². The average Bonchev–Trinajstić information content (AvgIpc) is 1.80. The van der Waals surface area contributed by atoms with Crippen molar-refractivity contribution < 1.29 is 0 Å². The van der Waals surface area contributed by atoms with Crippen molar-refractivity contribution in [2.75, 3.05) is 0 Å². The maximum absolute atomic E-state index is 3.97. The molecule has 0 atom stereocenters. The number of rotatable bonds is 2. The van der Waals surface area contributed by atoms with Crippen LogP contribution < -0.4 is 0 Å². The van der Waals surface area contributed by atoms with Crippen molar-refractivity contribution in [2.45, 2.75) is 34.6 Å². The quantitative estimate of drug-likeness (QED) is 0.528. The zero-order valence-electron chi connectivity index (χ0n) is 8.44. The van der Waals surface area contributed by atoms with E-state index in [1.165, 1.54) is 5.57 Å². The highest BCUT2D eigenvalue weighted by Gasteiger charge is 2.04. The van der Waals surface area contributed by atoms with Crippen LogP contribution >= 0.6 is 0 Å². The van der Waals surface area contributed by atoms with E-state index in [2.05, 4.69) is 53.3 Å². The summed E-state index contributed by atoms with van der Waals surface area (Å²) in [7, 11) is 0. The molecule has 0 aromatic heterocycles. The first kappa shape index (κ1) is 10.5. The Morgan fingerprint density at radius 3 is 2.00 bits per heavy atom. The van der Waals surface area contributed by atoms with Crippen LogP contribution in [0.25, 0.3) is 0 Å². The summed E-state index contributed by atoms with van der Waals surface area (Å²) in [5, 5.41) is 0. The lowest BCUT2D eigenvalue weighted by molar-refractivity contribution is 0.543. The molecule has 0 aromatic rings. The molecule has 0 radical (unpaired) electrons. The Labute approximate surface area is 71.0 Å². The summed E-state index contributed by atoms with van der Waals surface area (Å²) in [6.07, 6.45) is 4.33. The van der Waals surface area contributed by atoms with Crippen molar-refractivity contribution in [3.05, 3.63) is 24.3 Å². The average molecular weight is 152 g/mol. The van der Waals surface area contributed by atoms with Crippen LogP contribution in [0.2, 0.25) is 0 Å². The third-order valence-electron chi connectivity index (χ3n) is 1.54. The molecular weight excluding hydrogens is 132 g/mol. The molecule has 0 aliphatic heterocycles. The first-order valence-electron chi connectivity index (χ1n) is 4.21. The first-order chi connectivity index (χ1) is 4.83. The zero-order valence-corrected chi connectivity index (χ0v) is 8.44. The van der Waals surface area contributed by atoms with Crippen LogP contribution in [0.4, 0.5) is 0 Å². The lowest BCUT2D eigenvalue weighted by atomic mass is 9.94. The largest absolute Gasteiger partial charge is 0.0956 e. The molecule has 0 aromatic carbocycles. The molecule has 0 heterocycles. The second-order valence-corrected chi connectivity index (χ2v) is 4.43. The van der Waals surface area contributed by atoms with E-state index in [4.69, 9.17) is 0 Å². The van der Waals surface area contributed by atoms with E-state index in [9.17, 15) is 0 Å². The molecule has 0 aliphatic carbocycles. The van der Waals surface area contributed by atoms with Gasteiger partial charge in [-0.2, -0.15) is 0 Å². The van der Waals surface area contributed by atoms with Gasteiger partial charge in [-0.1, -0.05) is 58.9 Å². The summed E-state index contributed by atoms with van der Waals surface area (Å²) in [5.74, 6) is 0.564. The fraction of sp³-hybridized carbons (Fsp3) is 0.636. The third-order valence-corrected chi connectivity index (χ3v) is 1.54. The van der Waals surface area contributed by atoms with E-state index in [1.807, 2.05) is 0 Å². The van der Waals surface area contributed by atoms with Crippen molar-refractivity contribution in [3.8, 4) is 0 Å². The Morgan fingerprint density at radius 1 is 1.27 bits per heavy atom. The van der Waals surface area contributed by atoms with Gasteiger partial charge in [-0.25, -0.2) is 0 Å². The molecule has 0 saturated carbocycles. The number of hydrogen-bond acceptors (Lipinski definition) is 0. The van der Waals surface area contributed by atoms with Gasteiger partial charge in [0.25, 0.3) is 0 Å². The molecule has 64 valence electrons. The van der Waals surface area contributed by atoms with Gasteiger partial charge >= 0.3 is 0 Å². The van der Waals surface area contributed by atoms with Gasteiger partial charge in [0.15, 0.2) is 0 Å². The minimum absolute atomic E-state index is 0.276. The number of hydrogen-bond donors (Lipinski definition) is 0. The summed E-state index contributed by atoms with van der Waals surface area (Å²) in [4.78, 5) is 0. The lowest BCUT2D eigenvalue weighted by Crippen LogP contribution is -1.99. The monoisotopic (exact) mass is 152 g/mol. The molecule has 0 rings (SSSR count). The van der Waals surface area contributed by atoms with Crippen molar-refractivity contribution in [3.63, 3.8) is 0 Å². The Kier molecular flexibility index (Phi) is 3.57. The van der Waals surface area contributed by atoms with E-state index in [-0.39, 0.29) is 5.41 Å². The highest BCUT2D eigenvalue weighted by atomic mass is 14.1. The smallest absolute Gasteiger partial charge is 0.0200 e. The van der Waals surface area contributed by atoms with Crippen LogP contribution in [-0.4, -0.2) is 0 Å². The van der Waals surface area contributed by atoms with Gasteiger partial charge in [0.2, 0.25) is 0 Å². The van der Waals surface area contributed by atoms with Crippen molar-refractivity contribution in [1.29, 1.82) is 0 Å². The minimum Gasteiger partial charge on any atom is -0.0956 e. The van der Waals surface area contributed by atoms with E-state index in [0.29, 0.717) is 5.92 Å². The molecule has 0 heteroatoms. The highest BCUT2D eigenvalue weighted by molar-refractivity contribution is 5.17. The second kappa shape index (κ2) is 3.75. The third kappa shape index (κ3) is 5.90. The predicted octanol–water partition coefficient (Wildman–Crippen LogP) is 3.80. The summed E-state index contributed by atoms with van der Waals surface area (Å²) in [6, 6.07) is 0. The van der Waals surface area contributed by atoms with E-state index in [0.717, 1.165) is 0 Å². The van der Waals surface area contributed by atoms with Crippen LogP contribution in [0, 0.1) is 11.3 Å². The maximum Gasteiger partial charge on any atom is -0.0200 e. The number of allylic oxidation sites excluding steroid dienone is 3. The molecule has 0 spiro atoms. The second-order valence-electron chi connectivity index (χ2n) is 4.43. The molecule has 0 bridgehead atoms. The molecule has 0 aliphatic rings. The van der Waals surface area contributed by atoms with Crippen molar-refractivity contribution >= 4 is 0 Å². The van der Waals surface area contributed by atoms with Crippen LogP contribution in [0.15, 0.2) is 24.3 Å². The topological polar surface area (TPSA) is 0 Å². The van der Waals surface area contributed by atoms with Gasteiger partial charge in [0, 0.05) is 0 Å². The molecule has 11 heavy (non-hydrogen) atoms.